The number of hydrazine groups is 1. The van der Waals surface area contributed by atoms with Crippen molar-refractivity contribution in [3.05, 3.63) is 52.1 Å². The molecule has 2 aromatic rings. The molecule has 0 unspecified atom stereocenters. The van der Waals surface area contributed by atoms with Crippen LogP contribution in [-0.2, 0) is 6.54 Å². The normalized spacial score (nSPS) is 10.0. The summed E-state index contributed by atoms with van der Waals surface area (Å²) >= 11 is 3.38. The molecule has 2 rings (SSSR count). The minimum Gasteiger partial charge on any atom is -0.347 e. The van der Waals surface area contributed by atoms with E-state index in [9.17, 15) is 4.79 Å². The molecule has 7 heteroatoms. The molecule has 0 bridgehead atoms. The number of hydrogen-bond acceptors (Lipinski definition) is 5. The van der Waals surface area contributed by atoms with Gasteiger partial charge in [-0.3, -0.25) is 4.79 Å². The molecule has 19 heavy (non-hydrogen) atoms. The van der Waals surface area contributed by atoms with E-state index in [2.05, 4.69) is 36.9 Å². The molecule has 0 aliphatic heterocycles. The zero-order chi connectivity index (χ0) is 13.7. The molecule has 0 aliphatic rings. The van der Waals surface area contributed by atoms with Gasteiger partial charge in [-0.15, -0.1) is 10.2 Å². The van der Waals surface area contributed by atoms with Gasteiger partial charge in [-0.1, -0.05) is 28.1 Å². The zero-order valence-corrected chi connectivity index (χ0v) is 11.5. The topological polar surface area (TPSA) is 92.9 Å². The predicted octanol–water partition coefficient (Wildman–Crippen LogP) is 1.45. The van der Waals surface area contributed by atoms with E-state index in [-0.39, 0.29) is 11.6 Å². The molecular weight excluding hydrogens is 310 g/mol. The van der Waals surface area contributed by atoms with Crippen LogP contribution in [0.15, 0.2) is 40.9 Å². The lowest BCUT2D eigenvalue weighted by atomic mass is 10.2. The maximum Gasteiger partial charge on any atom is 0.272 e. The van der Waals surface area contributed by atoms with Gasteiger partial charge in [-0.25, -0.2) is 5.84 Å². The largest absolute Gasteiger partial charge is 0.347 e. The van der Waals surface area contributed by atoms with Crippen molar-refractivity contribution in [3.63, 3.8) is 0 Å². The van der Waals surface area contributed by atoms with Crippen LogP contribution in [0.3, 0.4) is 0 Å². The second kappa shape index (κ2) is 6.26. The van der Waals surface area contributed by atoms with E-state index in [0.717, 1.165) is 10.0 Å². The number of hydrogen-bond donors (Lipinski definition) is 3. The average Bonchev–Trinajstić information content (AvgIpc) is 2.45. The van der Waals surface area contributed by atoms with Crippen LogP contribution >= 0.6 is 15.9 Å². The number of rotatable bonds is 4. The highest BCUT2D eigenvalue weighted by Gasteiger charge is 2.07. The molecule has 1 amide bonds. The van der Waals surface area contributed by atoms with Gasteiger partial charge in [0, 0.05) is 11.0 Å². The van der Waals surface area contributed by atoms with Crippen molar-refractivity contribution in [1.29, 1.82) is 0 Å². The summed E-state index contributed by atoms with van der Waals surface area (Å²) in [6.45, 7) is 0.427. The number of nitrogens with two attached hydrogens (primary N) is 1. The first-order chi connectivity index (χ1) is 9.19. The fourth-order valence-corrected chi connectivity index (χ4v) is 1.90. The number of nitrogens with zero attached hydrogens (tertiary/aromatic N) is 2. The third-order valence-corrected chi connectivity index (χ3v) is 2.88. The molecule has 0 saturated heterocycles. The summed E-state index contributed by atoms with van der Waals surface area (Å²) in [6.07, 6.45) is 0. The number of anilines is 1. The first-order valence-electron chi connectivity index (χ1n) is 5.52. The summed E-state index contributed by atoms with van der Waals surface area (Å²) < 4.78 is 0.970. The molecule has 0 spiro atoms. The molecule has 0 radical (unpaired) electrons. The second-order valence-electron chi connectivity index (χ2n) is 3.76. The Labute approximate surface area is 118 Å². The van der Waals surface area contributed by atoms with Crippen LogP contribution in [0.4, 0.5) is 5.82 Å². The van der Waals surface area contributed by atoms with Gasteiger partial charge in [-0.05, 0) is 29.8 Å². The molecule has 0 saturated carbocycles. The molecular formula is C12H12BrN5O. The Kier molecular flexibility index (Phi) is 4.43. The fraction of sp³-hybridized carbons (Fsp3) is 0.0833. The van der Waals surface area contributed by atoms with Crippen molar-refractivity contribution >= 4 is 27.7 Å². The van der Waals surface area contributed by atoms with Gasteiger partial charge in [0.25, 0.3) is 5.91 Å². The van der Waals surface area contributed by atoms with Crippen LogP contribution in [0.5, 0.6) is 0 Å². The zero-order valence-electron chi connectivity index (χ0n) is 9.93. The maximum atomic E-state index is 11.8. The predicted molar refractivity (Wildman–Crippen MR) is 75.2 cm³/mol. The van der Waals surface area contributed by atoms with Crippen LogP contribution in [0, 0.1) is 0 Å². The van der Waals surface area contributed by atoms with Crippen LogP contribution in [0.1, 0.15) is 16.1 Å². The standard InChI is InChI=1S/C12H12BrN5O/c13-9-3-1-2-8(6-9)7-15-12(19)10-4-5-11(16-14)18-17-10/h1-6H,7,14H2,(H,15,19)(H,16,18). The summed E-state index contributed by atoms with van der Waals surface area (Å²) in [5.41, 5.74) is 3.59. The number of halogens is 1. The summed E-state index contributed by atoms with van der Waals surface area (Å²) in [5.74, 6) is 5.29. The fourth-order valence-electron chi connectivity index (χ4n) is 1.45. The lowest BCUT2D eigenvalue weighted by Crippen LogP contribution is -2.24. The van der Waals surface area contributed by atoms with E-state index in [4.69, 9.17) is 5.84 Å². The van der Waals surface area contributed by atoms with Gasteiger partial charge in [0.1, 0.15) is 0 Å². The molecule has 1 aromatic carbocycles. The van der Waals surface area contributed by atoms with Gasteiger partial charge in [0.05, 0.1) is 0 Å². The van der Waals surface area contributed by atoms with Crippen molar-refractivity contribution in [2.45, 2.75) is 6.54 Å². The van der Waals surface area contributed by atoms with E-state index in [1.807, 2.05) is 24.3 Å². The first kappa shape index (κ1) is 13.4. The quantitative estimate of drug-likeness (QED) is 0.585. The highest BCUT2D eigenvalue weighted by molar-refractivity contribution is 9.10. The molecule has 6 nitrogen and oxygen atoms in total. The van der Waals surface area contributed by atoms with Crippen LogP contribution < -0.4 is 16.6 Å². The summed E-state index contributed by atoms with van der Waals surface area (Å²) in [7, 11) is 0. The number of aromatic nitrogens is 2. The number of nitrogen functional groups attached to an aromatic ring is 1. The Morgan fingerprint density at radius 1 is 1.26 bits per heavy atom. The third-order valence-electron chi connectivity index (χ3n) is 2.39. The highest BCUT2D eigenvalue weighted by Crippen LogP contribution is 2.11. The third kappa shape index (κ3) is 3.73. The van der Waals surface area contributed by atoms with Crippen molar-refractivity contribution < 1.29 is 4.79 Å². The molecule has 1 heterocycles. The van der Waals surface area contributed by atoms with Gasteiger partial charge in [-0.2, -0.15) is 0 Å². The van der Waals surface area contributed by atoms with Gasteiger partial charge in [0.15, 0.2) is 11.5 Å². The van der Waals surface area contributed by atoms with Crippen molar-refractivity contribution in [2.24, 2.45) is 5.84 Å². The molecule has 1 aromatic heterocycles. The molecule has 98 valence electrons. The number of benzene rings is 1. The van der Waals surface area contributed by atoms with E-state index >= 15 is 0 Å². The first-order valence-corrected chi connectivity index (χ1v) is 6.31. The summed E-state index contributed by atoms with van der Waals surface area (Å²) in [6, 6.07) is 10.8. The van der Waals surface area contributed by atoms with Crippen molar-refractivity contribution in [3.8, 4) is 0 Å². The van der Waals surface area contributed by atoms with Gasteiger partial charge < -0.3 is 10.7 Å². The Morgan fingerprint density at radius 3 is 2.74 bits per heavy atom. The van der Waals surface area contributed by atoms with Crippen LogP contribution in [0.2, 0.25) is 0 Å². The maximum absolute atomic E-state index is 11.8. The van der Waals surface area contributed by atoms with Crippen molar-refractivity contribution in [2.75, 3.05) is 5.43 Å². The van der Waals surface area contributed by atoms with Crippen LogP contribution in [-0.4, -0.2) is 16.1 Å². The molecule has 0 aliphatic carbocycles. The number of nitrogens with one attached hydrogen (secondary N) is 2. The molecule has 0 fully saturated rings. The minimum atomic E-state index is -0.281. The summed E-state index contributed by atoms with van der Waals surface area (Å²) in [5, 5.41) is 10.3. The highest BCUT2D eigenvalue weighted by atomic mass is 79.9. The minimum absolute atomic E-state index is 0.244. The summed E-state index contributed by atoms with van der Waals surface area (Å²) in [4.78, 5) is 11.8. The smallest absolute Gasteiger partial charge is 0.272 e. The van der Waals surface area contributed by atoms with E-state index in [0.29, 0.717) is 12.4 Å². The van der Waals surface area contributed by atoms with Gasteiger partial charge >= 0.3 is 0 Å². The SMILES string of the molecule is NNc1ccc(C(=O)NCc2cccc(Br)c2)nn1. The Hall–Kier alpha value is -1.99. The van der Waals surface area contributed by atoms with E-state index in [1.54, 1.807) is 12.1 Å². The number of amides is 1. The second-order valence-corrected chi connectivity index (χ2v) is 4.68. The van der Waals surface area contributed by atoms with E-state index in [1.165, 1.54) is 0 Å². The van der Waals surface area contributed by atoms with E-state index < -0.39 is 0 Å². The van der Waals surface area contributed by atoms with Gasteiger partial charge in [0.2, 0.25) is 0 Å². The van der Waals surface area contributed by atoms with Crippen LogP contribution in [0.25, 0.3) is 0 Å². The lowest BCUT2D eigenvalue weighted by Gasteiger charge is -2.05. The number of carbonyl (C=O) groups is 1. The number of carbonyl (C=O) groups excluding carboxylic acids is 1. The molecule has 4 N–H and O–H groups in total. The average molecular weight is 322 g/mol. The molecule has 0 atom stereocenters. The Bertz CT molecular complexity index is 573. The monoisotopic (exact) mass is 321 g/mol. The Morgan fingerprint density at radius 2 is 2.11 bits per heavy atom. The Balaban J connectivity index is 1.97. The van der Waals surface area contributed by atoms with Crippen molar-refractivity contribution in [1.82, 2.24) is 15.5 Å². The lowest BCUT2D eigenvalue weighted by molar-refractivity contribution is 0.0945.